The zero-order chi connectivity index (χ0) is 18.6. The van der Waals surface area contributed by atoms with E-state index in [2.05, 4.69) is 5.32 Å². The molecular formula is C18H20FN3O3. The summed E-state index contributed by atoms with van der Waals surface area (Å²) in [5.41, 5.74) is 1.65. The van der Waals surface area contributed by atoms with Gasteiger partial charge in [0.05, 0.1) is 11.0 Å². The minimum absolute atomic E-state index is 0.0194. The van der Waals surface area contributed by atoms with E-state index in [0.717, 1.165) is 5.56 Å². The third kappa shape index (κ3) is 4.60. The summed E-state index contributed by atoms with van der Waals surface area (Å²) in [7, 11) is 3.74. The van der Waals surface area contributed by atoms with Crippen molar-refractivity contribution in [1.29, 1.82) is 0 Å². The van der Waals surface area contributed by atoms with E-state index in [-0.39, 0.29) is 23.5 Å². The van der Waals surface area contributed by atoms with Crippen molar-refractivity contribution in [1.82, 2.24) is 10.2 Å². The maximum absolute atomic E-state index is 13.1. The zero-order valence-electron chi connectivity index (χ0n) is 14.3. The summed E-state index contributed by atoms with van der Waals surface area (Å²) in [5.74, 6) is -0.626. The summed E-state index contributed by atoms with van der Waals surface area (Å²) >= 11 is 0. The van der Waals surface area contributed by atoms with Crippen LogP contribution in [0.5, 0.6) is 0 Å². The van der Waals surface area contributed by atoms with E-state index in [1.54, 1.807) is 19.1 Å². The first-order chi connectivity index (χ1) is 11.8. The lowest BCUT2D eigenvalue weighted by atomic mass is 10.1. The number of amides is 1. The number of nitro benzene ring substituents is 1. The molecule has 0 heterocycles. The molecule has 1 N–H and O–H groups in total. The Labute approximate surface area is 145 Å². The summed E-state index contributed by atoms with van der Waals surface area (Å²) < 4.78 is 13.1. The molecule has 0 aromatic heterocycles. The largest absolute Gasteiger partial charge is 0.350 e. The smallest absolute Gasteiger partial charge is 0.272 e. The van der Waals surface area contributed by atoms with Gasteiger partial charge < -0.3 is 10.2 Å². The molecule has 0 saturated carbocycles. The van der Waals surface area contributed by atoms with Crippen molar-refractivity contribution < 1.29 is 14.1 Å². The second-order valence-corrected chi connectivity index (χ2v) is 6.00. The monoisotopic (exact) mass is 345 g/mol. The molecule has 0 spiro atoms. The van der Waals surface area contributed by atoms with Crippen molar-refractivity contribution in [2.45, 2.75) is 13.0 Å². The Balaban J connectivity index is 2.10. The third-order valence-electron chi connectivity index (χ3n) is 3.99. The van der Waals surface area contributed by atoms with Crippen molar-refractivity contribution >= 4 is 11.6 Å². The first kappa shape index (κ1) is 18.5. The molecule has 7 heteroatoms. The Morgan fingerprint density at radius 3 is 2.40 bits per heavy atom. The van der Waals surface area contributed by atoms with Gasteiger partial charge in [0.1, 0.15) is 5.82 Å². The number of benzene rings is 2. The lowest BCUT2D eigenvalue weighted by Crippen LogP contribution is -2.34. The molecule has 2 rings (SSSR count). The van der Waals surface area contributed by atoms with Gasteiger partial charge in [-0.2, -0.15) is 0 Å². The van der Waals surface area contributed by atoms with Gasteiger partial charge in [0, 0.05) is 23.7 Å². The van der Waals surface area contributed by atoms with Gasteiger partial charge in [-0.05, 0) is 50.8 Å². The number of likely N-dealkylation sites (N-methyl/N-ethyl adjacent to an activating group) is 1. The van der Waals surface area contributed by atoms with Gasteiger partial charge in [-0.3, -0.25) is 14.9 Å². The van der Waals surface area contributed by atoms with Crippen LogP contribution >= 0.6 is 0 Å². The average Bonchev–Trinajstić information content (AvgIpc) is 2.55. The number of nitro groups is 1. The van der Waals surface area contributed by atoms with Crippen LogP contribution < -0.4 is 5.32 Å². The Morgan fingerprint density at radius 2 is 1.88 bits per heavy atom. The average molecular weight is 345 g/mol. The predicted molar refractivity (Wildman–Crippen MR) is 93.0 cm³/mol. The highest BCUT2D eigenvalue weighted by Crippen LogP contribution is 2.20. The Kier molecular flexibility index (Phi) is 5.82. The Hall–Kier alpha value is -2.80. The molecular weight excluding hydrogens is 325 g/mol. The molecule has 6 nitrogen and oxygen atoms in total. The molecule has 0 aliphatic carbocycles. The number of halogens is 1. The molecule has 0 radical (unpaired) electrons. The van der Waals surface area contributed by atoms with Crippen LogP contribution in [0.2, 0.25) is 0 Å². The van der Waals surface area contributed by atoms with Crippen molar-refractivity contribution in [2.75, 3.05) is 20.6 Å². The van der Waals surface area contributed by atoms with Gasteiger partial charge in [0.2, 0.25) is 0 Å². The van der Waals surface area contributed by atoms with Crippen LogP contribution in [-0.4, -0.2) is 36.4 Å². The molecule has 132 valence electrons. The first-order valence-corrected chi connectivity index (χ1v) is 7.74. The normalized spacial score (nSPS) is 12.0. The highest BCUT2D eigenvalue weighted by atomic mass is 19.1. The maximum atomic E-state index is 13.1. The molecule has 0 aliphatic heterocycles. The SMILES string of the molecule is Cc1cc(C(=O)NC[C@H](c2ccc(F)cc2)N(C)C)ccc1[N+](=O)[O-]. The molecule has 0 aliphatic rings. The number of carbonyl (C=O) groups excluding carboxylic acids is 1. The minimum atomic E-state index is -0.479. The van der Waals surface area contributed by atoms with Gasteiger partial charge in [-0.25, -0.2) is 4.39 Å². The molecule has 0 saturated heterocycles. The maximum Gasteiger partial charge on any atom is 0.272 e. The molecule has 2 aromatic rings. The number of nitrogens with one attached hydrogen (secondary N) is 1. The van der Waals surface area contributed by atoms with E-state index in [1.165, 1.54) is 30.3 Å². The fourth-order valence-corrected chi connectivity index (χ4v) is 2.58. The first-order valence-electron chi connectivity index (χ1n) is 7.74. The van der Waals surface area contributed by atoms with E-state index in [0.29, 0.717) is 17.7 Å². The number of nitrogens with zero attached hydrogens (tertiary/aromatic N) is 2. The van der Waals surface area contributed by atoms with Crippen LogP contribution in [-0.2, 0) is 0 Å². The minimum Gasteiger partial charge on any atom is -0.350 e. The van der Waals surface area contributed by atoms with E-state index in [9.17, 15) is 19.3 Å². The second kappa shape index (κ2) is 7.85. The third-order valence-corrected chi connectivity index (χ3v) is 3.99. The summed E-state index contributed by atoms with van der Waals surface area (Å²) in [5, 5.41) is 13.7. The van der Waals surface area contributed by atoms with Crippen LogP contribution in [0.4, 0.5) is 10.1 Å². The molecule has 0 unspecified atom stereocenters. The van der Waals surface area contributed by atoms with Gasteiger partial charge in [0.25, 0.3) is 11.6 Å². The Bertz CT molecular complexity index is 776. The second-order valence-electron chi connectivity index (χ2n) is 6.00. The van der Waals surface area contributed by atoms with Crippen molar-refractivity contribution in [3.05, 3.63) is 75.1 Å². The number of aryl methyl sites for hydroxylation is 1. The van der Waals surface area contributed by atoms with E-state index < -0.39 is 4.92 Å². The van der Waals surface area contributed by atoms with E-state index >= 15 is 0 Å². The number of hydrogen-bond donors (Lipinski definition) is 1. The molecule has 1 atom stereocenters. The number of hydrogen-bond acceptors (Lipinski definition) is 4. The van der Waals surface area contributed by atoms with E-state index in [1.807, 2.05) is 19.0 Å². The van der Waals surface area contributed by atoms with Crippen molar-refractivity contribution in [2.24, 2.45) is 0 Å². The lowest BCUT2D eigenvalue weighted by Gasteiger charge is -2.25. The van der Waals surface area contributed by atoms with Gasteiger partial charge in [-0.1, -0.05) is 12.1 Å². The van der Waals surface area contributed by atoms with Crippen LogP contribution in [0.3, 0.4) is 0 Å². The van der Waals surface area contributed by atoms with Crippen LogP contribution in [0.1, 0.15) is 27.5 Å². The summed E-state index contributed by atoms with van der Waals surface area (Å²) in [6, 6.07) is 10.3. The van der Waals surface area contributed by atoms with Crippen molar-refractivity contribution in [3.8, 4) is 0 Å². The highest BCUT2D eigenvalue weighted by molar-refractivity contribution is 5.94. The fourth-order valence-electron chi connectivity index (χ4n) is 2.58. The van der Waals surface area contributed by atoms with Crippen LogP contribution in [0, 0.1) is 22.9 Å². The zero-order valence-corrected chi connectivity index (χ0v) is 14.3. The van der Waals surface area contributed by atoms with Gasteiger partial charge in [-0.15, -0.1) is 0 Å². The quantitative estimate of drug-likeness (QED) is 0.645. The number of rotatable bonds is 6. The fraction of sp³-hybridized carbons (Fsp3) is 0.278. The van der Waals surface area contributed by atoms with Crippen LogP contribution in [0.15, 0.2) is 42.5 Å². The van der Waals surface area contributed by atoms with E-state index in [4.69, 9.17) is 0 Å². The molecule has 0 fully saturated rings. The predicted octanol–water partition coefficient (Wildman–Crippen LogP) is 3.08. The summed E-state index contributed by atoms with van der Waals surface area (Å²) in [4.78, 5) is 24.6. The standard InChI is InChI=1S/C18H20FN3O3/c1-12-10-14(6-9-16(12)22(24)25)18(23)20-11-17(21(2)3)13-4-7-15(19)8-5-13/h4-10,17H,11H2,1-3H3,(H,20,23)/t17-/m1/s1. The summed E-state index contributed by atoms with van der Waals surface area (Å²) in [6.45, 7) is 1.92. The molecule has 2 aromatic carbocycles. The van der Waals surface area contributed by atoms with Crippen molar-refractivity contribution in [3.63, 3.8) is 0 Å². The molecule has 25 heavy (non-hydrogen) atoms. The van der Waals surface area contributed by atoms with Crippen LogP contribution in [0.25, 0.3) is 0 Å². The molecule has 0 bridgehead atoms. The molecule has 1 amide bonds. The van der Waals surface area contributed by atoms with Gasteiger partial charge in [0.15, 0.2) is 0 Å². The number of carbonyl (C=O) groups is 1. The topological polar surface area (TPSA) is 75.5 Å². The van der Waals surface area contributed by atoms with Gasteiger partial charge >= 0.3 is 0 Å². The highest BCUT2D eigenvalue weighted by Gasteiger charge is 2.17. The Morgan fingerprint density at radius 1 is 1.24 bits per heavy atom. The lowest BCUT2D eigenvalue weighted by molar-refractivity contribution is -0.385. The summed E-state index contributed by atoms with van der Waals surface area (Å²) in [6.07, 6.45) is 0.